The van der Waals surface area contributed by atoms with Crippen LogP contribution in [0.2, 0.25) is 0 Å². The number of anilines is 2. The minimum Gasteiger partial charge on any atom is -0.495 e. The fourth-order valence-corrected chi connectivity index (χ4v) is 6.33. The summed E-state index contributed by atoms with van der Waals surface area (Å²) in [4.78, 5) is 2.54. The standard InChI is InChI=1S/C27H30F4N4O2S2/c1-35-13-11-21(20(28)16-35)34-23-7-4-6-18-19(15-27(29,30)31)25(38-26(18)23)8-5-12-33-22-10-9-17(39(3,32)36)14-24(22)37-2/h4,6-7,9-10,14,20-21,32-34H,11-13,15-16H2,1-3H3/t20-,21+,39?/m1/s1. The number of likely N-dealkylation sites (tertiary alicyclic amines) is 1. The van der Waals surface area contributed by atoms with Crippen LogP contribution in [0.25, 0.3) is 10.1 Å². The van der Waals surface area contributed by atoms with Gasteiger partial charge in [0.15, 0.2) is 0 Å². The lowest BCUT2D eigenvalue weighted by atomic mass is 10.0. The third-order valence-corrected chi connectivity index (χ3v) is 8.82. The molecule has 1 aromatic heterocycles. The Hall–Kier alpha value is -3.01. The summed E-state index contributed by atoms with van der Waals surface area (Å²) in [7, 11) is 0.385. The highest BCUT2D eigenvalue weighted by atomic mass is 32.2. The third-order valence-electron chi connectivity index (χ3n) is 6.47. The monoisotopic (exact) mass is 582 g/mol. The second-order valence-electron chi connectivity index (χ2n) is 9.56. The molecule has 0 aliphatic carbocycles. The van der Waals surface area contributed by atoms with Crippen molar-refractivity contribution in [2.24, 2.45) is 0 Å². The van der Waals surface area contributed by atoms with Crippen molar-refractivity contribution < 1.29 is 26.5 Å². The summed E-state index contributed by atoms with van der Waals surface area (Å²) >= 11 is 1.17. The first kappa shape index (κ1) is 29.0. The van der Waals surface area contributed by atoms with E-state index in [2.05, 4.69) is 22.5 Å². The molecule has 12 heteroatoms. The van der Waals surface area contributed by atoms with Gasteiger partial charge < -0.3 is 20.3 Å². The van der Waals surface area contributed by atoms with Crippen LogP contribution in [0.15, 0.2) is 41.3 Å². The Bertz CT molecular complexity index is 1510. The van der Waals surface area contributed by atoms with Gasteiger partial charge in [0.2, 0.25) is 0 Å². The predicted octanol–water partition coefficient (Wildman–Crippen LogP) is 5.97. The van der Waals surface area contributed by atoms with Gasteiger partial charge in [-0.2, -0.15) is 13.2 Å². The van der Waals surface area contributed by atoms with Crippen LogP contribution < -0.4 is 15.4 Å². The Morgan fingerprint density at radius 2 is 2.03 bits per heavy atom. The lowest BCUT2D eigenvalue weighted by Crippen LogP contribution is -2.46. The number of thiophene rings is 1. The third kappa shape index (κ3) is 7.15. The first-order valence-corrected chi connectivity index (χ1v) is 15.0. The molecule has 3 atom stereocenters. The molecule has 39 heavy (non-hydrogen) atoms. The molecule has 0 radical (unpaired) electrons. The second-order valence-corrected chi connectivity index (χ2v) is 12.7. The first-order chi connectivity index (χ1) is 18.4. The number of halogens is 4. The Kier molecular flexibility index (Phi) is 8.63. The number of piperidine rings is 1. The van der Waals surface area contributed by atoms with Crippen LogP contribution in [0.3, 0.4) is 0 Å². The molecule has 1 fully saturated rings. The summed E-state index contributed by atoms with van der Waals surface area (Å²) in [5.41, 5.74) is 1.27. The number of nitrogens with one attached hydrogen (secondary N) is 3. The van der Waals surface area contributed by atoms with E-state index in [9.17, 15) is 21.8 Å². The van der Waals surface area contributed by atoms with Crippen LogP contribution in [0, 0.1) is 16.6 Å². The first-order valence-electron chi connectivity index (χ1n) is 12.2. The molecule has 0 spiro atoms. The van der Waals surface area contributed by atoms with Crippen LogP contribution >= 0.6 is 11.3 Å². The molecule has 2 heterocycles. The van der Waals surface area contributed by atoms with Crippen LogP contribution in [0.5, 0.6) is 5.75 Å². The number of methoxy groups -OCH3 is 1. The molecule has 0 saturated carbocycles. The van der Waals surface area contributed by atoms with Crippen molar-refractivity contribution in [2.75, 3.05) is 50.7 Å². The zero-order chi connectivity index (χ0) is 28.4. The maximum absolute atomic E-state index is 14.7. The molecule has 1 unspecified atom stereocenters. The van der Waals surface area contributed by atoms with Gasteiger partial charge in [0.1, 0.15) is 11.9 Å². The number of rotatable bonds is 7. The average molecular weight is 583 g/mol. The number of benzene rings is 2. The Morgan fingerprint density at radius 3 is 2.69 bits per heavy atom. The summed E-state index contributed by atoms with van der Waals surface area (Å²) < 4.78 is 80.9. The Balaban J connectivity index is 1.61. The van der Waals surface area contributed by atoms with Gasteiger partial charge in [0.05, 0.1) is 61.7 Å². The molecule has 2 aromatic carbocycles. The number of fused-ring (bicyclic) bond motifs is 1. The van der Waals surface area contributed by atoms with E-state index in [1.54, 1.807) is 30.3 Å². The van der Waals surface area contributed by atoms with Gasteiger partial charge in [0.25, 0.3) is 0 Å². The van der Waals surface area contributed by atoms with E-state index in [0.717, 1.165) is 6.54 Å². The summed E-state index contributed by atoms with van der Waals surface area (Å²) in [6, 6.07) is 9.37. The van der Waals surface area contributed by atoms with Gasteiger partial charge in [-0.05, 0) is 48.7 Å². The van der Waals surface area contributed by atoms with Crippen LogP contribution in [0.1, 0.15) is 16.9 Å². The van der Waals surface area contributed by atoms with E-state index >= 15 is 0 Å². The number of alkyl halides is 4. The Labute approximate surface area is 229 Å². The molecule has 4 rings (SSSR count). The van der Waals surface area contributed by atoms with E-state index in [4.69, 9.17) is 9.52 Å². The molecular formula is C27H30F4N4O2S2. The van der Waals surface area contributed by atoms with Gasteiger partial charge in [-0.1, -0.05) is 24.0 Å². The lowest BCUT2D eigenvalue weighted by Gasteiger charge is -2.33. The quantitative estimate of drug-likeness (QED) is 0.237. The highest BCUT2D eigenvalue weighted by Crippen LogP contribution is 2.39. The molecule has 6 nitrogen and oxygen atoms in total. The van der Waals surface area contributed by atoms with Crippen LogP contribution in [0.4, 0.5) is 28.9 Å². The second kappa shape index (κ2) is 11.6. The molecule has 0 bridgehead atoms. The minimum atomic E-state index is -4.42. The number of hydrogen-bond acceptors (Lipinski definition) is 7. The molecule has 0 amide bonds. The fraction of sp³-hybridized carbons (Fsp3) is 0.407. The summed E-state index contributed by atoms with van der Waals surface area (Å²) in [5.74, 6) is 6.17. The summed E-state index contributed by atoms with van der Waals surface area (Å²) in [6.45, 7) is 1.15. The predicted molar refractivity (Wildman–Crippen MR) is 149 cm³/mol. The van der Waals surface area contributed by atoms with E-state index < -0.39 is 34.5 Å². The largest absolute Gasteiger partial charge is 0.495 e. The average Bonchev–Trinajstić information content (AvgIpc) is 3.19. The molecule has 1 saturated heterocycles. The van der Waals surface area contributed by atoms with E-state index in [1.165, 1.54) is 30.8 Å². The highest BCUT2D eigenvalue weighted by molar-refractivity contribution is 7.91. The SMILES string of the molecule is COc1cc(S(C)(=N)=O)ccc1NCC#Cc1sc2c(N[C@H]3CCN(C)C[C@H]3F)cccc2c1CC(F)(F)F. The van der Waals surface area contributed by atoms with Crippen molar-refractivity contribution >= 4 is 42.5 Å². The summed E-state index contributed by atoms with van der Waals surface area (Å²) in [5, 5.41) is 6.75. The molecule has 3 N–H and O–H groups in total. The van der Waals surface area contributed by atoms with Crippen molar-refractivity contribution in [3.05, 3.63) is 46.8 Å². The van der Waals surface area contributed by atoms with Gasteiger partial charge in [-0.25, -0.2) is 13.4 Å². The molecule has 210 valence electrons. The highest BCUT2D eigenvalue weighted by Gasteiger charge is 2.32. The maximum atomic E-state index is 14.7. The van der Waals surface area contributed by atoms with Crippen molar-refractivity contribution in [1.82, 2.24) is 4.90 Å². The van der Waals surface area contributed by atoms with Gasteiger partial charge in [-0.3, -0.25) is 0 Å². The zero-order valence-corrected chi connectivity index (χ0v) is 23.4. The topological polar surface area (TPSA) is 77.4 Å². The van der Waals surface area contributed by atoms with Gasteiger partial charge in [0, 0.05) is 19.3 Å². The van der Waals surface area contributed by atoms with Crippen LogP contribution in [-0.4, -0.2) is 67.5 Å². The lowest BCUT2D eigenvalue weighted by molar-refractivity contribution is -0.126. The fourth-order valence-electron chi connectivity index (χ4n) is 4.50. The van der Waals surface area contributed by atoms with Gasteiger partial charge in [-0.15, -0.1) is 11.3 Å². The number of ether oxygens (including phenoxy) is 1. The smallest absolute Gasteiger partial charge is 0.393 e. The molecule has 1 aliphatic heterocycles. The van der Waals surface area contributed by atoms with E-state index in [0.29, 0.717) is 49.9 Å². The van der Waals surface area contributed by atoms with Crippen molar-refractivity contribution in [3.63, 3.8) is 0 Å². The summed E-state index contributed by atoms with van der Waals surface area (Å²) in [6.07, 6.45) is -4.72. The normalized spacial score (nSPS) is 19.7. The van der Waals surface area contributed by atoms with Crippen molar-refractivity contribution in [3.8, 4) is 17.6 Å². The van der Waals surface area contributed by atoms with Crippen molar-refractivity contribution in [2.45, 2.75) is 36.1 Å². The van der Waals surface area contributed by atoms with Gasteiger partial charge >= 0.3 is 6.18 Å². The number of hydrogen-bond donors (Lipinski definition) is 3. The number of nitrogens with zero attached hydrogens (tertiary/aromatic N) is 1. The zero-order valence-electron chi connectivity index (χ0n) is 21.7. The maximum Gasteiger partial charge on any atom is 0.393 e. The van der Waals surface area contributed by atoms with E-state index in [1.807, 2.05) is 11.9 Å². The Morgan fingerprint density at radius 1 is 1.26 bits per heavy atom. The molecule has 1 aliphatic rings. The van der Waals surface area contributed by atoms with Crippen molar-refractivity contribution in [1.29, 1.82) is 4.78 Å². The molecule has 3 aromatic rings. The van der Waals surface area contributed by atoms with E-state index in [-0.39, 0.29) is 12.1 Å². The van der Waals surface area contributed by atoms with Crippen LogP contribution in [-0.2, 0) is 16.1 Å². The minimum absolute atomic E-state index is 0.105. The molecular weight excluding hydrogens is 552 g/mol.